The summed E-state index contributed by atoms with van der Waals surface area (Å²) >= 11 is 6.22. The molecule has 0 radical (unpaired) electrons. The maximum atomic E-state index is 13.2. The first kappa shape index (κ1) is 18.1. The molecule has 2 aliphatic rings. The fourth-order valence-corrected chi connectivity index (χ4v) is 4.31. The third-order valence-electron chi connectivity index (χ3n) is 5.64. The van der Waals surface area contributed by atoms with Crippen LogP contribution in [0.15, 0.2) is 18.2 Å². The molecule has 1 saturated carbocycles. The highest BCUT2D eigenvalue weighted by molar-refractivity contribution is 6.31. The van der Waals surface area contributed by atoms with Gasteiger partial charge < -0.3 is 4.90 Å². The van der Waals surface area contributed by atoms with Crippen molar-refractivity contribution in [2.75, 3.05) is 39.8 Å². The molecule has 0 amide bonds. The smallest absolute Gasteiger partial charge is 0.124 e. The summed E-state index contributed by atoms with van der Waals surface area (Å²) in [6.45, 7) is 5.61. The average molecular weight is 354 g/mol. The molecule has 1 aliphatic carbocycles. The van der Waals surface area contributed by atoms with Crippen LogP contribution >= 0.6 is 11.6 Å². The van der Waals surface area contributed by atoms with Crippen LogP contribution in [0, 0.1) is 11.7 Å². The van der Waals surface area contributed by atoms with Crippen molar-refractivity contribution >= 4 is 11.6 Å². The van der Waals surface area contributed by atoms with E-state index in [2.05, 4.69) is 22.4 Å². The van der Waals surface area contributed by atoms with Gasteiger partial charge in [0, 0.05) is 37.7 Å². The van der Waals surface area contributed by atoms with Gasteiger partial charge in [0.1, 0.15) is 5.82 Å². The predicted molar refractivity (Wildman–Crippen MR) is 97.8 cm³/mol. The largest absolute Gasteiger partial charge is 0.304 e. The van der Waals surface area contributed by atoms with Gasteiger partial charge in [-0.15, -0.1) is 0 Å². The van der Waals surface area contributed by atoms with E-state index in [-0.39, 0.29) is 5.82 Å². The van der Waals surface area contributed by atoms with Crippen LogP contribution in [0.3, 0.4) is 0 Å². The monoisotopic (exact) mass is 353 g/mol. The lowest BCUT2D eigenvalue weighted by Crippen LogP contribution is -2.51. The molecule has 3 nitrogen and oxygen atoms in total. The molecule has 134 valence electrons. The topological polar surface area (TPSA) is 18.5 Å². The molecule has 1 heterocycles. The highest BCUT2D eigenvalue weighted by atomic mass is 35.5. The normalized spacial score (nSPS) is 26.6. The van der Waals surface area contributed by atoms with Gasteiger partial charge in [0.15, 0.2) is 0 Å². The van der Waals surface area contributed by atoms with Crippen molar-refractivity contribution in [3.8, 4) is 0 Å². The minimum absolute atomic E-state index is 0.243. The van der Waals surface area contributed by atoms with E-state index in [1.807, 2.05) is 6.07 Å². The summed E-state index contributed by atoms with van der Waals surface area (Å²) in [5.74, 6) is 1.06. The lowest BCUT2D eigenvalue weighted by molar-refractivity contribution is 0.101. The van der Waals surface area contributed by atoms with Gasteiger partial charge in [0.05, 0.1) is 0 Å². The van der Waals surface area contributed by atoms with Crippen LogP contribution in [0.25, 0.3) is 0 Å². The maximum absolute atomic E-state index is 13.2. The Labute approximate surface area is 150 Å². The molecular weight excluding hydrogens is 325 g/mol. The van der Waals surface area contributed by atoms with Crippen LogP contribution in [-0.4, -0.2) is 49.7 Å². The van der Waals surface area contributed by atoms with Gasteiger partial charge >= 0.3 is 0 Å². The molecule has 0 aromatic heterocycles. The summed E-state index contributed by atoms with van der Waals surface area (Å²) in [7, 11) is 2.18. The van der Waals surface area contributed by atoms with E-state index in [9.17, 15) is 4.39 Å². The molecule has 0 atom stereocenters. The average Bonchev–Trinajstić information content (AvgIpc) is 2.58. The molecule has 1 saturated heterocycles. The van der Waals surface area contributed by atoms with Crippen LogP contribution in [0.5, 0.6) is 0 Å². The maximum Gasteiger partial charge on any atom is 0.124 e. The number of nitrogens with zero attached hydrogens (tertiary/aromatic N) is 2. The predicted octanol–water partition coefficient (Wildman–Crippen LogP) is 3.90. The van der Waals surface area contributed by atoms with Gasteiger partial charge in [-0.1, -0.05) is 17.7 Å². The third kappa shape index (κ3) is 4.92. The van der Waals surface area contributed by atoms with Gasteiger partial charge in [-0.2, -0.15) is 0 Å². The van der Waals surface area contributed by atoms with Crippen molar-refractivity contribution in [1.29, 1.82) is 0 Å². The van der Waals surface area contributed by atoms with E-state index in [4.69, 9.17) is 11.6 Å². The second-order valence-corrected chi connectivity index (χ2v) is 7.78. The summed E-state index contributed by atoms with van der Waals surface area (Å²) in [6.07, 6.45) is 6.09. The highest BCUT2D eigenvalue weighted by Gasteiger charge is 2.24. The molecule has 2 fully saturated rings. The van der Waals surface area contributed by atoms with E-state index in [1.54, 1.807) is 0 Å². The molecule has 1 aromatic rings. The van der Waals surface area contributed by atoms with E-state index < -0.39 is 0 Å². The van der Waals surface area contributed by atoms with E-state index in [0.29, 0.717) is 10.9 Å². The molecule has 1 aromatic carbocycles. The van der Waals surface area contributed by atoms with Crippen LogP contribution in [0.1, 0.15) is 43.6 Å². The Morgan fingerprint density at radius 3 is 2.50 bits per heavy atom. The second-order valence-electron chi connectivity index (χ2n) is 7.37. The number of likely N-dealkylation sites (N-methyl/N-ethyl adjacent to an activating group) is 1. The van der Waals surface area contributed by atoms with E-state index in [0.717, 1.165) is 44.2 Å². The Morgan fingerprint density at radius 2 is 1.83 bits per heavy atom. The SMILES string of the molecule is CN1CCN(NCCC2CCC(c3ccc(F)cc3Cl)CC2)CC1. The lowest BCUT2D eigenvalue weighted by atomic mass is 9.77. The standard InChI is InChI=1S/C19H29ClFN3/c1-23-10-12-24(13-11-23)22-9-8-15-2-4-16(5-3-15)18-7-6-17(21)14-19(18)20/h6-7,14-16,22H,2-5,8-13H2,1H3. The molecule has 0 unspecified atom stereocenters. The minimum Gasteiger partial charge on any atom is -0.304 e. The number of hydrazine groups is 1. The number of hydrogen-bond donors (Lipinski definition) is 1. The number of nitrogens with one attached hydrogen (secondary N) is 1. The number of piperazine rings is 1. The fourth-order valence-electron chi connectivity index (χ4n) is 3.99. The molecule has 1 aliphatic heterocycles. The Kier molecular flexibility index (Phi) is 6.50. The number of hydrogen-bond acceptors (Lipinski definition) is 3. The summed E-state index contributed by atoms with van der Waals surface area (Å²) in [4.78, 5) is 2.38. The van der Waals surface area contributed by atoms with Gasteiger partial charge in [0.25, 0.3) is 0 Å². The quantitative estimate of drug-likeness (QED) is 0.866. The molecule has 1 N–H and O–H groups in total. The van der Waals surface area contributed by atoms with E-state index in [1.165, 1.54) is 44.2 Å². The first-order valence-electron chi connectivity index (χ1n) is 9.24. The molecular formula is C19H29ClFN3. The first-order valence-corrected chi connectivity index (χ1v) is 9.61. The van der Waals surface area contributed by atoms with E-state index >= 15 is 0 Å². The fraction of sp³-hybridized carbons (Fsp3) is 0.684. The van der Waals surface area contributed by atoms with Crippen molar-refractivity contribution in [3.63, 3.8) is 0 Å². The van der Waals surface area contributed by atoms with Crippen molar-refractivity contribution in [2.45, 2.75) is 38.0 Å². The Hall–Kier alpha value is -0.680. The van der Waals surface area contributed by atoms with Crippen LogP contribution < -0.4 is 5.43 Å². The first-order chi connectivity index (χ1) is 11.6. The second kappa shape index (κ2) is 8.61. The van der Waals surface area contributed by atoms with Crippen LogP contribution in [-0.2, 0) is 0 Å². The number of benzene rings is 1. The minimum atomic E-state index is -0.243. The zero-order valence-corrected chi connectivity index (χ0v) is 15.4. The highest BCUT2D eigenvalue weighted by Crippen LogP contribution is 2.39. The summed E-state index contributed by atoms with van der Waals surface area (Å²) in [5.41, 5.74) is 4.72. The van der Waals surface area contributed by atoms with Gasteiger partial charge in [-0.05, 0) is 68.7 Å². The molecule has 5 heteroatoms. The zero-order chi connectivity index (χ0) is 16.9. The summed E-state index contributed by atoms with van der Waals surface area (Å²) < 4.78 is 13.2. The zero-order valence-electron chi connectivity index (χ0n) is 14.6. The Morgan fingerprint density at radius 1 is 1.12 bits per heavy atom. The van der Waals surface area contributed by atoms with Crippen molar-refractivity contribution in [2.24, 2.45) is 5.92 Å². The summed E-state index contributed by atoms with van der Waals surface area (Å²) in [5, 5.41) is 2.96. The van der Waals surface area contributed by atoms with Gasteiger partial charge in [-0.25, -0.2) is 9.40 Å². The van der Waals surface area contributed by atoms with Crippen molar-refractivity contribution < 1.29 is 4.39 Å². The third-order valence-corrected chi connectivity index (χ3v) is 5.97. The molecule has 3 rings (SSSR count). The lowest BCUT2D eigenvalue weighted by Gasteiger charge is -2.34. The summed E-state index contributed by atoms with van der Waals surface area (Å²) in [6, 6.07) is 4.85. The Balaban J connectivity index is 1.37. The molecule has 0 spiro atoms. The molecule has 0 bridgehead atoms. The van der Waals surface area contributed by atoms with Gasteiger partial charge in [-0.3, -0.25) is 5.43 Å². The number of halogens is 2. The van der Waals surface area contributed by atoms with Crippen LogP contribution in [0.2, 0.25) is 5.02 Å². The van der Waals surface area contributed by atoms with Crippen LogP contribution in [0.4, 0.5) is 4.39 Å². The molecule has 24 heavy (non-hydrogen) atoms. The van der Waals surface area contributed by atoms with Gasteiger partial charge in [0.2, 0.25) is 0 Å². The van der Waals surface area contributed by atoms with Crippen molar-refractivity contribution in [3.05, 3.63) is 34.6 Å². The Bertz CT molecular complexity index is 523. The number of rotatable bonds is 5. The van der Waals surface area contributed by atoms with Crippen molar-refractivity contribution in [1.82, 2.24) is 15.3 Å².